The molecular formula is C16H25N3O5S. The summed E-state index contributed by atoms with van der Waals surface area (Å²) in [6, 6.07) is 3.88. The normalized spacial score (nSPS) is 17.7. The lowest BCUT2D eigenvalue weighted by Crippen LogP contribution is -2.32. The van der Waals surface area contributed by atoms with Crippen LogP contribution in [0.1, 0.15) is 32.6 Å². The first-order chi connectivity index (χ1) is 11.9. The van der Waals surface area contributed by atoms with Gasteiger partial charge in [-0.05, 0) is 31.9 Å². The largest absolute Gasteiger partial charge is 0.383 e. The number of nitro groups is 1. The summed E-state index contributed by atoms with van der Waals surface area (Å²) in [6.07, 6.45) is 3.64. The molecule has 1 atom stereocenters. The number of rotatable bonds is 7. The van der Waals surface area contributed by atoms with Crippen LogP contribution in [0, 0.1) is 10.1 Å². The van der Waals surface area contributed by atoms with Crippen LogP contribution in [0.5, 0.6) is 0 Å². The van der Waals surface area contributed by atoms with Crippen molar-refractivity contribution in [2.75, 3.05) is 32.1 Å². The predicted octanol–water partition coefficient (Wildman–Crippen LogP) is 2.61. The fourth-order valence-corrected chi connectivity index (χ4v) is 4.47. The second-order valence-corrected chi connectivity index (χ2v) is 8.19. The number of benzene rings is 1. The fraction of sp³-hybridized carbons (Fsp3) is 0.625. The van der Waals surface area contributed by atoms with E-state index in [9.17, 15) is 18.5 Å². The molecule has 0 unspecified atom stereocenters. The van der Waals surface area contributed by atoms with Gasteiger partial charge in [-0.1, -0.05) is 12.8 Å². The van der Waals surface area contributed by atoms with Gasteiger partial charge in [-0.25, -0.2) is 8.42 Å². The predicted molar refractivity (Wildman–Crippen MR) is 95.3 cm³/mol. The molecule has 0 aliphatic carbocycles. The van der Waals surface area contributed by atoms with E-state index in [2.05, 4.69) is 5.32 Å². The van der Waals surface area contributed by atoms with Gasteiger partial charge < -0.3 is 10.1 Å². The number of hydrogen-bond acceptors (Lipinski definition) is 6. The van der Waals surface area contributed by atoms with Crippen molar-refractivity contribution in [3.8, 4) is 0 Å². The molecule has 1 saturated heterocycles. The fourth-order valence-electron chi connectivity index (χ4n) is 2.93. The van der Waals surface area contributed by atoms with E-state index in [-0.39, 0.29) is 22.3 Å². The first-order valence-corrected chi connectivity index (χ1v) is 9.84. The zero-order valence-electron chi connectivity index (χ0n) is 14.6. The van der Waals surface area contributed by atoms with Crippen LogP contribution in [-0.4, -0.2) is 50.5 Å². The molecule has 1 aliphatic heterocycles. The Hall–Kier alpha value is -1.71. The van der Waals surface area contributed by atoms with Crippen LogP contribution in [0.3, 0.4) is 0 Å². The Balaban J connectivity index is 2.32. The topological polar surface area (TPSA) is 102 Å². The molecule has 1 fully saturated rings. The number of nitrogens with zero attached hydrogens (tertiary/aromatic N) is 2. The molecule has 0 aromatic heterocycles. The van der Waals surface area contributed by atoms with Crippen molar-refractivity contribution < 1.29 is 18.1 Å². The van der Waals surface area contributed by atoms with Crippen LogP contribution >= 0.6 is 0 Å². The Labute approximate surface area is 148 Å². The Morgan fingerprint density at radius 3 is 2.48 bits per heavy atom. The molecular weight excluding hydrogens is 346 g/mol. The van der Waals surface area contributed by atoms with Gasteiger partial charge in [0.1, 0.15) is 5.69 Å². The highest BCUT2D eigenvalue weighted by Gasteiger charge is 2.28. The third kappa shape index (κ3) is 4.90. The zero-order chi connectivity index (χ0) is 18.4. The Bertz CT molecular complexity index is 700. The summed E-state index contributed by atoms with van der Waals surface area (Å²) in [4.78, 5) is 10.8. The lowest BCUT2D eigenvalue weighted by atomic mass is 10.2. The summed E-state index contributed by atoms with van der Waals surface area (Å²) in [6.45, 7) is 3.13. The molecule has 25 heavy (non-hydrogen) atoms. The molecule has 2 rings (SSSR count). The van der Waals surface area contributed by atoms with E-state index in [0.717, 1.165) is 31.7 Å². The van der Waals surface area contributed by atoms with Crippen molar-refractivity contribution in [2.45, 2.75) is 43.5 Å². The highest BCUT2D eigenvalue weighted by Crippen LogP contribution is 2.30. The molecule has 1 aliphatic rings. The molecule has 9 heteroatoms. The van der Waals surface area contributed by atoms with Crippen LogP contribution in [0.15, 0.2) is 23.1 Å². The summed E-state index contributed by atoms with van der Waals surface area (Å²) >= 11 is 0. The highest BCUT2D eigenvalue weighted by molar-refractivity contribution is 7.89. The molecule has 0 amide bonds. The second-order valence-electron chi connectivity index (χ2n) is 6.26. The molecule has 8 nitrogen and oxygen atoms in total. The van der Waals surface area contributed by atoms with Crippen molar-refractivity contribution in [1.82, 2.24) is 4.31 Å². The van der Waals surface area contributed by atoms with Crippen LogP contribution in [0.25, 0.3) is 0 Å². The van der Waals surface area contributed by atoms with E-state index in [1.807, 2.05) is 6.92 Å². The number of nitrogens with one attached hydrogen (secondary N) is 1. The third-order valence-corrected chi connectivity index (χ3v) is 6.08. The summed E-state index contributed by atoms with van der Waals surface area (Å²) in [5, 5.41) is 14.4. The summed E-state index contributed by atoms with van der Waals surface area (Å²) in [5.41, 5.74) is 0.0308. The van der Waals surface area contributed by atoms with Gasteiger partial charge >= 0.3 is 0 Å². The third-order valence-electron chi connectivity index (χ3n) is 4.19. The van der Waals surface area contributed by atoms with E-state index in [4.69, 9.17) is 4.74 Å². The lowest BCUT2D eigenvalue weighted by Gasteiger charge is -2.20. The Morgan fingerprint density at radius 2 is 1.92 bits per heavy atom. The molecule has 1 aromatic carbocycles. The molecule has 1 aromatic rings. The maximum absolute atomic E-state index is 12.8. The van der Waals surface area contributed by atoms with E-state index in [1.165, 1.54) is 16.4 Å². The quantitative estimate of drug-likeness (QED) is 0.584. The molecule has 140 valence electrons. The minimum atomic E-state index is -3.72. The lowest BCUT2D eigenvalue weighted by molar-refractivity contribution is -0.384. The molecule has 0 saturated carbocycles. The average Bonchev–Trinajstić information content (AvgIpc) is 2.84. The van der Waals surface area contributed by atoms with Gasteiger partial charge in [-0.2, -0.15) is 4.31 Å². The molecule has 0 radical (unpaired) electrons. The number of ether oxygens (including phenoxy) is 1. The molecule has 0 spiro atoms. The van der Waals surface area contributed by atoms with E-state index < -0.39 is 14.9 Å². The second kappa shape index (κ2) is 8.59. The van der Waals surface area contributed by atoms with Gasteiger partial charge in [0, 0.05) is 32.3 Å². The summed E-state index contributed by atoms with van der Waals surface area (Å²) in [7, 11) is -2.18. The van der Waals surface area contributed by atoms with Crippen LogP contribution in [0.2, 0.25) is 0 Å². The van der Waals surface area contributed by atoms with Gasteiger partial charge in [-0.15, -0.1) is 0 Å². The van der Waals surface area contributed by atoms with Gasteiger partial charge in [0.2, 0.25) is 10.0 Å². The average molecular weight is 371 g/mol. The first kappa shape index (κ1) is 19.6. The Kier molecular flexibility index (Phi) is 6.74. The number of sulfonamides is 1. The van der Waals surface area contributed by atoms with Crippen LogP contribution in [0.4, 0.5) is 11.4 Å². The Morgan fingerprint density at radius 1 is 1.28 bits per heavy atom. The minimum Gasteiger partial charge on any atom is -0.383 e. The van der Waals surface area contributed by atoms with E-state index >= 15 is 0 Å². The number of methoxy groups -OCH3 is 1. The summed E-state index contributed by atoms with van der Waals surface area (Å²) in [5.74, 6) is 0. The van der Waals surface area contributed by atoms with Crippen LogP contribution < -0.4 is 5.32 Å². The maximum Gasteiger partial charge on any atom is 0.293 e. The SMILES string of the molecule is COC[C@H](C)Nc1ccc(S(=O)(=O)N2CCCCCC2)cc1[N+](=O)[O-]. The smallest absolute Gasteiger partial charge is 0.293 e. The van der Waals surface area contributed by atoms with Crippen molar-refractivity contribution >= 4 is 21.4 Å². The van der Waals surface area contributed by atoms with Crippen molar-refractivity contribution in [3.05, 3.63) is 28.3 Å². The number of nitro benzene ring substituents is 1. The molecule has 1 heterocycles. The van der Waals surface area contributed by atoms with Crippen molar-refractivity contribution in [3.63, 3.8) is 0 Å². The first-order valence-electron chi connectivity index (χ1n) is 8.40. The van der Waals surface area contributed by atoms with E-state index in [0.29, 0.717) is 19.7 Å². The van der Waals surface area contributed by atoms with E-state index in [1.54, 1.807) is 7.11 Å². The van der Waals surface area contributed by atoms with Gasteiger partial charge in [0.25, 0.3) is 5.69 Å². The number of anilines is 1. The van der Waals surface area contributed by atoms with Crippen molar-refractivity contribution in [2.24, 2.45) is 0 Å². The van der Waals surface area contributed by atoms with Crippen LogP contribution in [-0.2, 0) is 14.8 Å². The highest BCUT2D eigenvalue weighted by atomic mass is 32.2. The molecule has 0 bridgehead atoms. The number of hydrogen-bond donors (Lipinski definition) is 1. The van der Waals surface area contributed by atoms with Gasteiger partial charge in [0.05, 0.1) is 16.4 Å². The summed E-state index contributed by atoms with van der Waals surface area (Å²) < 4.78 is 32.1. The van der Waals surface area contributed by atoms with Crippen molar-refractivity contribution in [1.29, 1.82) is 0 Å². The van der Waals surface area contributed by atoms with Gasteiger partial charge in [-0.3, -0.25) is 10.1 Å². The standard InChI is InChI=1S/C16H25N3O5S/c1-13(12-24-2)17-15-8-7-14(11-16(15)19(20)21)25(22,23)18-9-5-3-4-6-10-18/h7-8,11,13,17H,3-6,9-10,12H2,1-2H3/t13-/m0/s1. The monoisotopic (exact) mass is 371 g/mol. The van der Waals surface area contributed by atoms with Gasteiger partial charge in [0.15, 0.2) is 0 Å². The maximum atomic E-state index is 12.8. The molecule has 1 N–H and O–H groups in total. The zero-order valence-corrected chi connectivity index (χ0v) is 15.4. The minimum absolute atomic E-state index is 0.0361.